The fourth-order valence-corrected chi connectivity index (χ4v) is 3.10. The van der Waals surface area contributed by atoms with Gasteiger partial charge in [0.05, 0.1) is 6.54 Å². The van der Waals surface area contributed by atoms with E-state index < -0.39 is 0 Å². The van der Waals surface area contributed by atoms with E-state index in [1.165, 1.54) is 0 Å². The predicted octanol–water partition coefficient (Wildman–Crippen LogP) is 1.98. The van der Waals surface area contributed by atoms with Crippen LogP contribution in [0.5, 0.6) is 0 Å². The van der Waals surface area contributed by atoms with E-state index in [1.54, 1.807) is 11.3 Å². The first-order valence-corrected chi connectivity index (χ1v) is 7.50. The normalized spacial score (nSPS) is 24.7. The molecule has 0 spiro atoms. The van der Waals surface area contributed by atoms with Crippen molar-refractivity contribution in [2.24, 2.45) is 0 Å². The maximum atomic E-state index is 5.37. The second-order valence-corrected chi connectivity index (χ2v) is 5.83. The lowest BCUT2D eigenvalue weighted by Crippen LogP contribution is -2.54. The Morgan fingerprint density at radius 2 is 2.21 bits per heavy atom. The van der Waals surface area contributed by atoms with Crippen molar-refractivity contribution in [3.8, 4) is 11.4 Å². The van der Waals surface area contributed by atoms with E-state index in [2.05, 4.69) is 34.2 Å². The van der Waals surface area contributed by atoms with Crippen LogP contribution in [0.4, 0.5) is 0 Å². The van der Waals surface area contributed by atoms with Crippen LogP contribution in [-0.4, -0.2) is 40.2 Å². The third-order valence-corrected chi connectivity index (χ3v) is 4.26. The molecule has 0 amide bonds. The van der Waals surface area contributed by atoms with Crippen LogP contribution in [0.15, 0.2) is 21.3 Å². The van der Waals surface area contributed by atoms with Gasteiger partial charge in [0.25, 0.3) is 0 Å². The summed E-state index contributed by atoms with van der Waals surface area (Å²) in [5, 5.41) is 11.5. The van der Waals surface area contributed by atoms with E-state index in [4.69, 9.17) is 4.52 Å². The van der Waals surface area contributed by atoms with Gasteiger partial charge in [-0.1, -0.05) is 5.16 Å². The maximum absolute atomic E-state index is 5.37. The van der Waals surface area contributed by atoms with Crippen molar-refractivity contribution in [2.45, 2.75) is 32.5 Å². The molecule has 0 saturated carbocycles. The Bertz CT molecular complexity index is 514. The topological polar surface area (TPSA) is 54.2 Å². The maximum Gasteiger partial charge on any atom is 0.241 e. The average molecular weight is 278 g/mol. The van der Waals surface area contributed by atoms with Crippen molar-refractivity contribution in [1.82, 2.24) is 20.4 Å². The molecule has 1 fully saturated rings. The summed E-state index contributed by atoms with van der Waals surface area (Å²) in [6, 6.07) is 2.98. The number of hydrogen-bond donors (Lipinski definition) is 1. The molecule has 5 nitrogen and oxygen atoms in total. The molecular formula is C13H18N4OS. The van der Waals surface area contributed by atoms with Crippen molar-refractivity contribution < 1.29 is 4.52 Å². The number of nitrogens with one attached hydrogen (secondary N) is 1. The first-order valence-electron chi connectivity index (χ1n) is 6.55. The van der Waals surface area contributed by atoms with Gasteiger partial charge in [-0.2, -0.15) is 16.3 Å². The lowest BCUT2D eigenvalue weighted by molar-refractivity contribution is 0.0947. The molecule has 1 aliphatic heterocycles. The zero-order valence-electron chi connectivity index (χ0n) is 11.2. The van der Waals surface area contributed by atoms with Crippen molar-refractivity contribution in [3.05, 3.63) is 22.7 Å². The summed E-state index contributed by atoms with van der Waals surface area (Å²) in [7, 11) is 0. The Kier molecular flexibility index (Phi) is 3.63. The molecule has 2 unspecified atom stereocenters. The highest BCUT2D eigenvalue weighted by Crippen LogP contribution is 2.20. The van der Waals surface area contributed by atoms with Gasteiger partial charge in [0.1, 0.15) is 0 Å². The quantitative estimate of drug-likeness (QED) is 0.930. The second kappa shape index (κ2) is 5.40. The van der Waals surface area contributed by atoms with Crippen molar-refractivity contribution in [1.29, 1.82) is 0 Å². The molecule has 102 valence electrons. The van der Waals surface area contributed by atoms with E-state index >= 15 is 0 Å². The highest BCUT2D eigenvalue weighted by atomic mass is 32.1. The molecule has 1 N–H and O–H groups in total. The fourth-order valence-electron chi connectivity index (χ4n) is 2.47. The van der Waals surface area contributed by atoms with Gasteiger partial charge in [-0.05, 0) is 25.3 Å². The van der Waals surface area contributed by atoms with Crippen LogP contribution < -0.4 is 5.32 Å². The number of nitrogens with zero attached hydrogens (tertiary/aromatic N) is 3. The van der Waals surface area contributed by atoms with Crippen molar-refractivity contribution >= 4 is 11.3 Å². The molecule has 0 aromatic carbocycles. The van der Waals surface area contributed by atoms with Gasteiger partial charge < -0.3 is 9.84 Å². The summed E-state index contributed by atoms with van der Waals surface area (Å²) in [4.78, 5) is 6.89. The summed E-state index contributed by atoms with van der Waals surface area (Å²) in [6.45, 7) is 7.19. The highest BCUT2D eigenvalue weighted by Gasteiger charge is 2.26. The first-order chi connectivity index (χ1) is 9.24. The smallest absolute Gasteiger partial charge is 0.241 e. The minimum atomic E-state index is 0.486. The van der Waals surface area contributed by atoms with E-state index in [9.17, 15) is 0 Å². The largest absolute Gasteiger partial charge is 0.338 e. The lowest BCUT2D eigenvalue weighted by atomic mass is 10.1. The molecule has 2 aromatic heterocycles. The number of aromatic nitrogens is 2. The Labute approximate surface area is 116 Å². The molecule has 3 rings (SSSR count). The first kappa shape index (κ1) is 12.8. The zero-order chi connectivity index (χ0) is 13.2. The van der Waals surface area contributed by atoms with Crippen molar-refractivity contribution in [2.75, 3.05) is 13.1 Å². The summed E-state index contributed by atoms with van der Waals surface area (Å²) in [6.07, 6.45) is 0. The monoisotopic (exact) mass is 278 g/mol. The summed E-state index contributed by atoms with van der Waals surface area (Å²) in [5.74, 6) is 1.38. The Balaban J connectivity index is 1.73. The molecule has 19 heavy (non-hydrogen) atoms. The molecule has 0 radical (unpaired) electrons. The summed E-state index contributed by atoms with van der Waals surface area (Å²) in [5.41, 5.74) is 1.03. The van der Waals surface area contributed by atoms with Gasteiger partial charge in [0, 0.05) is 36.1 Å². The van der Waals surface area contributed by atoms with E-state index in [0.717, 1.165) is 25.2 Å². The molecule has 1 aliphatic rings. The Morgan fingerprint density at radius 3 is 2.89 bits per heavy atom. The molecule has 2 atom stereocenters. The summed E-state index contributed by atoms with van der Waals surface area (Å²) < 4.78 is 5.37. The summed E-state index contributed by atoms with van der Waals surface area (Å²) >= 11 is 1.64. The standard InChI is InChI=1S/C13H18N4OS/c1-9-5-14-6-10(2)17(9)7-12-15-13(16-18-12)11-3-4-19-8-11/h3-4,8-10,14H,5-7H2,1-2H3. The molecule has 2 aromatic rings. The highest BCUT2D eigenvalue weighted by molar-refractivity contribution is 7.08. The molecule has 3 heterocycles. The van der Waals surface area contributed by atoms with Crippen LogP contribution >= 0.6 is 11.3 Å². The Hall–Kier alpha value is -1.24. The van der Waals surface area contributed by atoms with E-state index in [0.29, 0.717) is 23.8 Å². The minimum absolute atomic E-state index is 0.486. The third-order valence-electron chi connectivity index (χ3n) is 3.58. The molecule has 0 aliphatic carbocycles. The zero-order valence-corrected chi connectivity index (χ0v) is 12.0. The van der Waals surface area contributed by atoms with Gasteiger partial charge in [0.15, 0.2) is 0 Å². The van der Waals surface area contributed by atoms with Crippen LogP contribution in [-0.2, 0) is 6.54 Å². The number of rotatable bonds is 3. The van der Waals surface area contributed by atoms with Gasteiger partial charge in [0.2, 0.25) is 11.7 Å². The van der Waals surface area contributed by atoms with Crippen LogP contribution in [0.3, 0.4) is 0 Å². The fraction of sp³-hybridized carbons (Fsp3) is 0.538. The van der Waals surface area contributed by atoms with Crippen molar-refractivity contribution in [3.63, 3.8) is 0 Å². The molecule has 6 heteroatoms. The number of piperazine rings is 1. The van der Waals surface area contributed by atoms with Crippen LogP contribution in [0.2, 0.25) is 0 Å². The van der Waals surface area contributed by atoms with Crippen LogP contribution in [0.25, 0.3) is 11.4 Å². The van der Waals surface area contributed by atoms with Gasteiger partial charge in [-0.25, -0.2) is 0 Å². The second-order valence-electron chi connectivity index (χ2n) is 5.05. The average Bonchev–Trinajstić information content (AvgIpc) is 3.04. The third kappa shape index (κ3) is 2.70. The lowest BCUT2D eigenvalue weighted by Gasteiger charge is -2.38. The SMILES string of the molecule is CC1CNCC(C)N1Cc1nc(-c2ccsc2)no1. The predicted molar refractivity (Wildman–Crippen MR) is 74.9 cm³/mol. The van der Waals surface area contributed by atoms with Gasteiger partial charge >= 0.3 is 0 Å². The minimum Gasteiger partial charge on any atom is -0.338 e. The van der Waals surface area contributed by atoms with Gasteiger partial charge in [-0.15, -0.1) is 0 Å². The van der Waals surface area contributed by atoms with Crippen LogP contribution in [0, 0.1) is 0 Å². The molecular weight excluding hydrogens is 260 g/mol. The Morgan fingerprint density at radius 1 is 1.42 bits per heavy atom. The van der Waals surface area contributed by atoms with E-state index in [-0.39, 0.29) is 0 Å². The van der Waals surface area contributed by atoms with E-state index in [1.807, 2.05) is 16.8 Å². The molecule has 1 saturated heterocycles. The number of hydrogen-bond acceptors (Lipinski definition) is 6. The number of thiophene rings is 1. The van der Waals surface area contributed by atoms with Gasteiger partial charge in [-0.3, -0.25) is 4.90 Å². The molecule has 0 bridgehead atoms. The van der Waals surface area contributed by atoms with Crippen LogP contribution in [0.1, 0.15) is 19.7 Å².